The van der Waals surface area contributed by atoms with Gasteiger partial charge >= 0.3 is 6.03 Å². The van der Waals surface area contributed by atoms with Crippen molar-refractivity contribution < 1.29 is 4.79 Å². The second kappa shape index (κ2) is 6.51. The number of nitrogens with zero attached hydrogens (tertiary/aromatic N) is 6. The molecule has 0 bridgehead atoms. The molecule has 0 aromatic carbocycles. The number of carbonyl (C=O) groups excluding carboxylic acids is 1. The molecule has 124 valence electrons. The number of hydrogen-bond acceptors (Lipinski definition) is 5. The van der Waals surface area contributed by atoms with Crippen LogP contribution in [0.25, 0.3) is 11.3 Å². The number of hydrogen-bond donors (Lipinski definition) is 0. The molecule has 1 saturated heterocycles. The lowest BCUT2D eigenvalue weighted by atomic mass is 10.0. The Hall–Kier alpha value is -2.57. The molecule has 24 heavy (non-hydrogen) atoms. The van der Waals surface area contributed by atoms with Crippen LogP contribution in [0.3, 0.4) is 0 Å². The number of rotatable bonds is 1. The van der Waals surface area contributed by atoms with E-state index in [4.69, 9.17) is 0 Å². The fraction of sp³-hybridized carbons (Fsp3) is 0.471. The van der Waals surface area contributed by atoms with E-state index >= 15 is 0 Å². The van der Waals surface area contributed by atoms with Crippen LogP contribution in [0.2, 0.25) is 0 Å². The van der Waals surface area contributed by atoms with E-state index in [1.54, 1.807) is 18.7 Å². The quantitative estimate of drug-likeness (QED) is 0.795. The minimum absolute atomic E-state index is 0.165. The first-order chi connectivity index (χ1) is 11.8. The molecule has 4 heterocycles. The van der Waals surface area contributed by atoms with Gasteiger partial charge in [-0.2, -0.15) is 0 Å². The van der Waals surface area contributed by atoms with Gasteiger partial charge in [0, 0.05) is 61.8 Å². The van der Waals surface area contributed by atoms with Crippen LogP contribution in [0, 0.1) is 0 Å². The zero-order valence-corrected chi connectivity index (χ0v) is 13.6. The molecule has 2 aromatic rings. The Morgan fingerprint density at radius 1 is 0.875 bits per heavy atom. The van der Waals surface area contributed by atoms with Gasteiger partial charge in [-0.25, -0.2) is 24.7 Å². The molecule has 2 aromatic heterocycles. The average Bonchev–Trinajstić information content (AvgIpc) is 3.08. The number of urea groups is 1. The van der Waals surface area contributed by atoms with E-state index in [1.807, 2.05) is 9.80 Å². The van der Waals surface area contributed by atoms with Crippen LogP contribution in [-0.2, 0) is 12.8 Å². The van der Waals surface area contributed by atoms with Crippen molar-refractivity contribution in [1.29, 1.82) is 0 Å². The fourth-order valence-corrected chi connectivity index (χ4v) is 3.50. The summed E-state index contributed by atoms with van der Waals surface area (Å²) in [4.78, 5) is 33.6. The molecule has 0 saturated carbocycles. The minimum atomic E-state index is 0.165. The van der Waals surface area contributed by atoms with E-state index in [-0.39, 0.29) is 6.03 Å². The standard InChI is InChI=1S/C17H20N6O/c24-17(22-5-1-2-6-22)23-7-3-14-15(4-8-23)20-12-21-16(14)13-9-18-11-19-10-13/h9-12H,1-8H2. The highest BCUT2D eigenvalue weighted by Crippen LogP contribution is 2.25. The Morgan fingerprint density at radius 3 is 2.38 bits per heavy atom. The van der Waals surface area contributed by atoms with E-state index in [0.29, 0.717) is 13.1 Å². The smallest absolute Gasteiger partial charge is 0.320 e. The van der Waals surface area contributed by atoms with Gasteiger partial charge in [0.15, 0.2) is 0 Å². The molecular formula is C17H20N6O. The first kappa shape index (κ1) is 15.0. The summed E-state index contributed by atoms with van der Waals surface area (Å²) in [6.07, 6.45) is 10.4. The molecule has 2 aliphatic rings. The van der Waals surface area contributed by atoms with Crippen LogP contribution in [0.5, 0.6) is 0 Å². The molecule has 0 radical (unpaired) electrons. The van der Waals surface area contributed by atoms with E-state index in [2.05, 4.69) is 19.9 Å². The summed E-state index contributed by atoms with van der Waals surface area (Å²) in [6.45, 7) is 3.18. The summed E-state index contributed by atoms with van der Waals surface area (Å²) in [5, 5.41) is 0. The van der Waals surface area contributed by atoms with Crippen LogP contribution >= 0.6 is 0 Å². The number of amides is 2. The second-order valence-electron chi connectivity index (χ2n) is 6.24. The highest BCUT2D eigenvalue weighted by molar-refractivity contribution is 5.75. The summed E-state index contributed by atoms with van der Waals surface area (Å²) < 4.78 is 0. The average molecular weight is 324 g/mol. The Morgan fingerprint density at radius 2 is 1.58 bits per heavy atom. The lowest BCUT2D eigenvalue weighted by Gasteiger charge is -2.26. The van der Waals surface area contributed by atoms with Crippen LogP contribution in [-0.4, -0.2) is 61.9 Å². The van der Waals surface area contributed by atoms with Gasteiger partial charge in [0.2, 0.25) is 0 Å². The molecule has 7 nitrogen and oxygen atoms in total. The molecule has 2 aliphatic heterocycles. The van der Waals surface area contributed by atoms with Crippen LogP contribution in [0.4, 0.5) is 4.79 Å². The zero-order chi connectivity index (χ0) is 16.4. The van der Waals surface area contributed by atoms with Gasteiger partial charge in [-0.3, -0.25) is 0 Å². The molecule has 0 atom stereocenters. The largest absolute Gasteiger partial charge is 0.325 e. The van der Waals surface area contributed by atoms with Crippen LogP contribution < -0.4 is 0 Å². The third-order valence-corrected chi connectivity index (χ3v) is 4.77. The summed E-state index contributed by atoms with van der Waals surface area (Å²) in [7, 11) is 0. The number of likely N-dealkylation sites (tertiary alicyclic amines) is 1. The van der Waals surface area contributed by atoms with Crippen molar-refractivity contribution in [3.05, 3.63) is 36.3 Å². The molecule has 0 N–H and O–H groups in total. The van der Waals surface area contributed by atoms with Crippen LogP contribution in [0.15, 0.2) is 25.0 Å². The van der Waals surface area contributed by atoms with Crippen LogP contribution in [0.1, 0.15) is 24.1 Å². The number of fused-ring (bicyclic) bond motifs is 1. The highest BCUT2D eigenvalue weighted by Gasteiger charge is 2.26. The van der Waals surface area contributed by atoms with Gasteiger partial charge < -0.3 is 9.80 Å². The Balaban J connectivity index is 1.58. The van der Waals surface area contributed by atoms with Gasteiger partial charge in [-0.1, -0.05) is 0 Å². The molecular weight excluding hydrogens is 304 g/mol. The summed E-state index contributed by atoms with van der Waals surface area (Å²) in [5.74, 6) is 0. The predicted octanol–water partition coefficient (Wildman–Crippen LogP) is 1.55. The second-order valence-corrected chi connectivity index (χ2v) is 6.24. The topological polar surface area (TPSA) is 75.1 Å². The van der Waals surface area contributed by atoms with Crippen molar-refractivity contribution in [2.24, 2.45) is 0 Å². The van der Waals surface area contributed by atoms with Gasteiger partial charge in [0.1, 0.15) is 12.7 Å². The third-order valence-electron chi connectivity index (χ3n) is 4.77. The lowest BCUT2D eigenvalue weighted by Crippen LogP contribution is -2.42. The minimum Gasteiger partial charge on any atom is -0.325 e. The molecule has 2 amide bonds. The van der Waals surface area contributed by atoms with Crippen molar-refractivity contribution in [3.8, 4) is 11.3 Å². The predicted molar refractivity (Wildman–Crippen MR) is 88.2 cm³/mol. The molecule has 0 unspecified atom stereocenters. The van der Waals surface area contributed by atoms with E-state index in [9.17, 15) is 4.79 Å². The third kappa shape index (κ3) is 2.81. The van der Waals surface area contributed by atoms with Crippen molar-refractivity contribution in [2.45, 2.75) is 25.7 Å². The van der Waals surface area contributed by atoms with Gasteiger partial charge in [0.25, 0.3) is 0 Å². The first-order valence-electron chi connectivity index (χ1n) is 8.45. The molecule has 1 fully saturated rings. The first-order valence-corrected chi connectivity index (χ1v) is 8.45. The Bertz CT molecular complexity index is 729. The van der Waals surface area contributed by atoms with Gasteiger partial charge in [-0.15, -0.1) is 0 Å². The molecule has 7 heteroatoms. The van der Waals surface area contributed by atoms with E-state index in [0.717, 1.165) is 61.3 Å². The highest BCUT2D eigenvalue weighted by atomic mass is 16.2. The van der Waals surface area contributed by atoms with Crippen molar-refractivity contribution in [1.82, 2.24) is 29.7 Å². The summed E-state index contributed by atoms with van der Waals surface area (Å²) in [5.41, 5.74) is 3.93. The maximum Gasteiger partial charge on any atom is 0.320 e. The van der Waals surface area contributed by atoms with Crippen molar-refractivity contribution in [2.75, 3.05) is 26.2 Å². The molecule has 0 aliphatic carbocycles. The number of aromatic nitrogens is 4. The number of carbonyl (C=O) groups is 1. The Kier molecular flexibility index (Phi) is 4.06. The monoisotopic (exact) mass is 324 g/mol. The maximum atomic E-state index is 12.7. The molecule has 4 rings (SSSR count). The summed E-state index contributed by atoms with van der Waals surface area (Å²) >= 11 is 0. The SMILES string of the molecule is O=C(N1CCCC1)N1CCc2ncnc(-c3cncnc3)c2CC1. The maximum absolute atomic E-state index is 12.7. The van der Waals surface area contributed by atoms with E-state index < -0.39 is 0 Å². The van der Waals surface area contributed by atoms with Crippen molar-refractivity contribution >= 4 is 6.03 Å². The van der Waals surface area contributed by atoms with Gasteiger partial charge in [-0.05, 0) is 19.3 Å². The normalized spacial score (nSPS) is 17.5. The zero-order valence-electron chi connectivity index (χ0n) is 13.6. The molecule has 0 spiro atoms. The fourth-order valence-electron chi connectivity index (χ4n) is 3.50. The summed E-state index contributed by atoms with van der Waals surface area (Å²) in [6, 6.07) is 0.165. The Labute approximate surface area is 140 Å². The van der Waals surface area contributed by atoms with E-state index in [1.165, 1.54) is 6.33 Å². The van der Waals surface area contributed by atoms with Gasteiger partial charge in [0.05, 0.1) is 5.69 Å². The van der Waals surface area contributed by atoms with Crippen molar-refractivity contribution in [3.63, 3.8) is 0 Å². The lowest BCUT2D eigenvalue weighted by molar-refractivity contribution is 0.164.